The molecule has 1 fully saturated rings. The van der Waals surface area contributed by atoms with Crippen LogP contribution in [0.2, 0.25) is 5.02 Å². The molecule has 0 unspecified atom stereocenters. The first-order valence-corrected chi connectivity index (χ1v) is 10.5. The Hall–Kier alpha value is -3.08. The summed E-state index contributed by atoms with van der Waals surface area (Å²) < 4.78 is 18.9. The van der Waals surface area contributed by atoms with Gasteiger partial charge in [-0.2, -0.15) is 0 Å². The average molecular weight is 461 g/mol. The van der Waals surface area contributed by atoms with Gasteiger partial charge in [0.25, 0.3) is 5.56 Å². The van der Waals surface area contributed by atoms with E-state index in [9.17, 15) is 14.0 Å². The summed E-state index contributed by atoms with van der Waals surface area (Å²) in [4.78, 5) is 38.0. The number of carbonyl (C=O) groups excluding carboxylic acids is 1. The minimum Gasteiger partial charge on any atom is -0.486 e. The number of benzene rings is 1. The van der Waals surface area contributed by atoms with E-state index in [2.05, 4.69) is 20.3 Å². The molecule has 4 N–H and O–H groups in total. The Morgan fingerprint density at radius 3 is 3.00 bits per heavy atom. The Morgan fingerprint density at radius 1 is 1.41 bits per heavy atom. The number of nitrogens with one attached hydrogen (secondary N) is 2. The van der Waals surface area contributed by atoms with Gasteiger partial charge in [-0.15, -0.1) is 0 Å². The van der Waals surface area contributed by atoms with Crippen LogP contribution in [-0.2, 0) is 17.9 Å². The molecule has 168 valence electrons. The second kappa shape index (κ2) is 9.60. The minimum absolute atomic E-state index is 0.0289. The molecule has 1 aromatic carbocycles. The lowest BCUT2D eigenvalue weighted by atomic mass is 10.2. The maximum Gasteiger partial charge on any atom is 0.258 e. The zero-order valence-corrected chi connectivity index (χ0v) is 17.9. The van der Waals surface area contributed by atoms with Gasteiger partial charge < -0.3 is 25.7 Å². The van der Waals surface area contributed by atoms with Crippen LogP contribution >= 0.6 is 11.6 Å². The van der Waals surface area contributed by atoms with Gasteiger partial charge in [0.05, 0.1) is 22.6 Å². The maximum absolute atomic E-state index is 13.3. The molecule has 1 saturated heterocycles. The second-order valence-corrected chi connectivity index (χ2v) is 7.93. The molecular formula is C21H22ClFN6O3. The van der Waals surface area contributed by atoms with Crippen LogP contribution < -0.4 is 21.3 Å². The number of nitrogens with zero attached hydrogens (tertiary/aromatic N) is 3. The molecule has 3 aromatic rings. The molecule has 9 nitrogen and oxygen atoms in total. The Morgan fingerprint density at radius 2 is 2.25 bits per heavy atom. The van der Waals surface area contributed by atoms with Crippen LogP contribution in [0.15, 0.2) is 35.3 Å². The van der Waals surface area contributed by atoms with Gasteiger partial charge in [0.2, 0.25) is 5.91 Å². The Bertz CT molecular complexity index is 1200. The summed E-state index contributed by atoms with van der Waals surface area (Å²) in [6.45, 7) is 1.56. The summed E-state index contributed by atoms with van der Waals surface area (Å²) in [6, 6.07) is 5.57. The molecule has 32 heavy (non-hydrogen) atoms. The van der Waals surface area contributed by atoms with Crippen LogP contribution in [0.3, 0.4) is 0 Å². The molecule has 11 heteroatoms. The van der Waals surface area contributed by atoms with E-state index in [1.54, 1.807) is 11.0 Å². The first kappa shape index (κ1) is 22.1. The number of halogens is 2. The number of H-pyrrole nitrogens is 1. The zero-order chi connectivity index (χ0) is 22.7. The number of amides is 1. The van der Waals surface area contributed by atoms with Gasteiger partial charge in [-0.1, -0.05) is 11.6 Å². The smallest absolute Gasteiger partial charge is 0.258 e. The van der Waals surface area contributed by atoms with E-state index in [1.807, 2.05) is 0 Å². The fourth-order valence-electron chi connectivity index (χ4n) is 3.50. The van der Waals surface area contributed by atoms with Crippen molar-refractivity contribution in [3.8, 4) is 5.75 Å². The Labute approximate surface area is 187 Å². The van der Waals surface area contributed by atoms with Gasteiger partial charge in [0.1, 0.15) is 29.5 Å². The molecule has 4 rings (SSSR count). The predicted molar refractivity (Wildman–Crippen MR) is 117 cm³/mol. The molecule has 3 heterocycles. The lowest BCUT2D eigenvalue weighted by molar-refractivity contribution is -0.129. The lowest BCUT2D eigenvalue weighted by Crippen LogP contribution is -2.38. The van der Waals surface area contributed by atoms with Crippen molar-refractivity contribution in [1.29, 1.82) is 0 Å². The van der Waals surface area contributed by atoms with Crippen molar-refractivity contribution >= 4 is 28.4 Å². The summed E-state index contributed by atoms with van der Waals surface area (Å²) in [6.07, 6.45) is 2.33. The van der Waals surface area contributed by atoms with E-state index >= 15 is 0 Å². The zero-order valence-electron chi connectivity index (χ0n) is 17.1. The summed E-state index contributed by atoms with van der Waals surface area (Å²) in [5.74, 6) is 0.0354. The van der Waals surface area contributed by atoms with Crippen LogP contribution in [0, 0.1) is 5.82 Å². The summed E-state index contributed by atoms with van der Waals surface area (Å²) in [7, 11) is 0. The highest BCUT2D eigenvalue weighted by molar-refractivity contribution is 6.30. The highest BCUT2D eigenvalue weighted by Gasteiger charge is 2.23. The number of likely N-dealkylation sites (tertiary alicyclic amines) is 1. The fourth-order valence-corrected chi connectivity index (χ4v) is 3.67. The first-order chi connectivity index (χ1) is 15.4. The molecule has 1 amide bonds. The number of hydrogen-bond acceptors (Lipinski definition) is 7. The number of rotatable bonds is 7. The number of pyridine rings is 1. The first-order valence-electron chi connectivity index (χ1n) is 10.1. The third-order valence-corrected chi connectivity index (χ3v) is 5.45. The van der Waals surface area contributed by atoms with Crippen molar-refractivity contribution in [2.45, 2.75) is 25.6 Å². The molecule has 1 aliphatic rings. The van der Waals surface area contributed by atoms with Crippen LogP contribution in [-0.4, -0.2) is 51.4 Å². The molecule has 1 atom stereocenters. The summed E-state index contributed by atoms with van der Waals surface area (Å²) >= 11 is 5.76. The molecule has 1 aliphatic heterocycles. The minimum atomic E-state index is -0.550. The third-order valence-electron chi connectivity index (χ3n) is 5.16. The topological polar surface area (TPSA) is 126 Å². The molecular weight excluding hydrogens is 439 g/mol. The van der Waals surface area contributed by atoms with Gasteiger partial charge in [-0.3, -0.25) is 14.6 Å². The molecule has 0 saturated carbocycles. The summed E-state index contributed by atoms with van der Waals surface area (Å²) in [5, 5.41) is 3.38. The number of ether oxygens (including phenoxy) is 1. The standard InChI is InChI=1S/C21H22ClFN6O3/c22-15-7-13(1-2-16(15)23)32-11-18-27-20-14(21(31)28-18)3-5-26-17(20)8-25-9-19(30)29-6-4-12(24)10-29/h1-3,5,7,12,25H,4,6,8-11,24H2,(H,27,28,31)/t12-/m0/s1. The number of fused-ring (bicyclic) bond motifs is 1. The summed E-state index contributed by atoms with van der Waals surface area (Å²) in [5.41, 5.74) is 6.46. The highest BCUT2D eigenvalue weighted by Crippen LogP contribution is 2.21. The molecule has 0 spiro atoms. The van der Waals surface area contributed by atoms with E-state index in [1.165, 1.54) is 24.4 Å². The molecule has 2 aromatic heterocycles. The fraction of sp³-hybridized carbons (Fsp3) is 0.333. The number of carbonyl (C=O) groups is 1. The van der Waals surface area contributed by atoms with Gasteiger partial charge in [-0.25, -0.2) is 9.37 Å². The van der Waals surface area contributed by atoms with E-state index < -0.39 is 5.82 Å². The van der Waals surface area contributed by atoms with Crippen LogP contribution in [0.4, 0.5) is 4.39 Å². The van der Waals surface area contributed by atoms with Crippen molar-refractivity contribution in [2.75, 3.05) is 19.6 Å². The molecule has 0 aliphatic carbocycles. The lowest BCUT2D eigenvalue weighted by Gasteiger charge is -2.16. The SMILES string of the molecule is N[C@H]1CCN(C(=O)CNCc2nccc3c(=O)[nH]c(COc4ccc(F)c(Cl)c4)nc23)C1. The van der Waals surface area contributed by atoms with Crippen molar-refractivity contribution in [1.82, 2.24) is 25.2 Å². The van der Waals surface area contributed by atoms with Crippen LogP contribution in [0.25, 0.3) is 10.9 Å². The van der Waals surface area contributed by atoms with Crippen molar-refractivity contribution < 1.29 is 13.9 Å². The van der Waals surface area contributed by atoms with E-state index in [-0.39, 0.29) is 48.1 Å². The monoisotopic (exact) mass is 460 g/mol. The number of aromatic amines is 1. The maximum atomic E-state index is 13.3. The normalized spacial score (nSPS) is 16.0. The van der Waals surface area contributed by atoms with Crippen molar-refractivity contribution in [3.63, 3.8) is 0 Å². The van der Waals surface area contributed by atoms with E-state index in [0.717, 1.165) is 6.42 Å². The van der Waals surface area contributed by atoms with Crippen LogP contribution in [0.5, 0.6) is 5.75 Å². The van der Waals surface area contributed by atoms with Crippen molar-refractivity contribution in [3.05, 3.63) is 63.2 Å². The van der Waals surface area contributed by atoms with Gasteiger partial charge in [0, 0.05) is 37.9 Å². The van der Waals surface area contributed by atoms with Crippen LogP contribution in [0.1, 0.15) is 17.9 Å². The molecule has 0 radical (unpaired) electrons. The van der Waals surface area contributed by atoms with E-state index in [4.69, 9.17) is 22.1 Å². The number of hydrogen-bond donors (Lipinski definition) is 3. The Balaban J connectivity index is 1.46. The predicted octanol–water partition coefficient (Wildman–Crippen LogP) is 1.34. The number of aromatic nitrogens is 3. The van der Waals surface area contributed by atoms with Gasteiger partial charge in [-0.05, 0) is 24.6 Å². The Kier molecular flexibility index (Phi) is 6.63. The molecule has 0 bridgehead atoms. The second-order valence-electron chi connectivity index (χ2n) is 7.52. The largest absolute Gasteiger partial charge is 0.486 e. The third kappa shape index (κ3) is 5.04. The van der Waals surface area contributed by atoms with Crippen molar-refractivity contribution in [2.24, 2.45) is 5.73 Å². The quantitative estimate of drug-likeness (QED) is 0.485. The number of nitrogens with two attached hydrogens (primary N) is 1. The van der Waals surface area contributed by atoms with Gasteiger partial charge in [0.15, 0.2) is 0 Å². The highest BCUT2D eigenvalue weighted by atomic mass is 35.5. The van der Waals surface area contributed by atoms with Gasteiger partial charge >= 0.3 is 0 Å². The van der Waals surface area contributed by atoms with E-state index in [0.29, 0.717) is 35.4 Å². The average Bonchev–Trinajstić information content (AvgIpc) is 3.21.